The van der Waals surface area contributed by atoms with Gasteiger partial charge in [-0.15, -0.1) is 5.10 Å². The Bertz CT molecular complexity index is 814. The van der Waals surface area contributed by atoms with Crippen molar-refractivity contribution in [1.82, 2.24) is 30.4 Å². The number of carbonyl (C=O) groups excluding carboxylic acids is 1. The predicted octanol–water partition coefficient (Wildman–Crippen LogP) is 2.54. The standard InChI is InChI=1S/C18H22N6OS/c1-3-23(4-2)17(14-9-10-26-12-14)11-19-18(25)15-7-5-6-8-16(15)24-13-20-21-22-24/h5-10,12-13,17H,3-4,11H2,1-2H3,(H,19,25). The van der Waals surface area contributed by atoms with Crippen LogP contribution in [0, 0.1) is 0 Å². The van der Waals surface area contributed by atoms with E-state index < -0.39 is 0 Å². The summed E-state index contributed by atoms with van der Waals surface area (Å²) < 4.78 is 1.50. The summed E-state index contributed by atoms with van der Waals surface area (Å²) >= 11 is 1.67. The molecule has 2 heterocycles. The van der Waals surface area contributed by atoms with Crippen LogP contribution in [-0.2, 0) is 0 Å². The molecule has 0 fully saturated rings. The average molecular weight is 370 g/mol. The summed E-state index contributed by atoms with van der Waals surface area (Å²) in [6.45, 7) is 6.67. The fourth-order valence-corrected chi connectivity index (χ4v) is 3.72. The number of carbonyl (C=O) groups is 1. The molecule has 0 spiro atoms. The quantitative estimate of drug-likeness (QED) is 0.659. The number of para-hydroxylation sites is 1. The third-order valence-electron chi connectivity index (χ3n) is 4.38. The number of nitrogens with one attached hydrogen (secondary N) is 1. The molecule has 0 bridgehead atoms. The number of aromatic nitrogens is 4. The Kier molecular flexibility index (Phi) is 6.08. The van der Waals surface area contributed by atoms with E-state index >= 15 is 0 Å². The largest absolute Gasteiger partial charge is 0.350 e. The molecule has 2 aromatic heterocycles. The Morgan fingerprint density at radius 1 is 1.27 bits per heavy atom. The van der Waals surface area contributed by atoms with E-state index in [4.69, 9.17) is 0 Å². The van der Waals surface area contributed by atoms with Crippen LogP contribution in [0.4, 0.5) is 0 Å². The molecule has 0 saturated heterocycles. The van der Waals surface area contributed by atoms with Crippen LogP contribution in [0.2, 0.25) is 0 Å². The maximum Gasteiger partial charge on any atom is 0.253 e. The van der Waals surface area contributed by atoms with E-state index in [1.807, 2.05) is 18.2 Å². The normalized spacial score (nSPS) is 12.3. The van der Waals surface area contributed by atoms with Gasteiger partial charge >= 0.3 is 0 Å². The minimum absolute atomic E-state index is 0.136. The highest BCUT2D eigenvalue weighted by Crippen LogP contribution is 2.22. The molecule has 1 atom stereocenters. The highest BCUT2D eigenvalue weighted by atomic mass is 32.1. The molecule has 1 amide bonds. The third kappa shape index (κ3) is 3.97. The van der Waals surface area contributed by atoms with E-state index in [0.717, 1.165) is 13.1 Å². The molecule has 3 rings (SSSR count). The van der Waals surface area contributed by atoms with Crippen molar-refractivity contribution in [2.75, 3.05) is 19.6 Å². The number of tetrazole rings is 1. The zero-order valence-electron chi connectivity index (χ0n) is 14.9. The molecule has 3 aromatic rings. The van der Waals surface area contributed by atoms with E-state index in [2.05, 4.69) is 56.4 Å². The van der Waals surface area contributed by atoms with Gasteiger partial charge in [0.2, 0.25) is 0 Å². The molecule has 0 aliphatic rings. The Morgan fingerprint density at radius 3 is 2.73 bits per heavy atom. The molecule has 7 nitrogen and oxygen atoms in total. The van der Waals surface area contributed by atoms with Gasteiger partial charge in [-0.2, -0.15) is 16.0 Å². The summed E-state index contributed by atoms with van der Waals surface area (Å²) in [7, 11) is 0. The molecular formula is C18H22N6OS. The molecule has 0 saturated carbocycles. The van der Waals surface area contributed by atoms with E-state index in [0.29, 0.717) is 17.8 Å². The van der Waals surface area contributed by atoms with Gasteiger partial charge in [0, 0.05) is 6.54 Å². The molecule has 0 aliphatic carbocycles. The third-order valence-corrected chi connectivity index (χ3v) is 5.08. The fraction of sp³-hybridized carbons (Fsp3) is 0.333. The topological polar surface area (TPSA) is 75.9 Å². The van der Waals surface area contributed by atoms with E-state index in [1.165, 1.54) is 16.6 Å². The van der Waals surface area contributed by atoms with Gasteiger partial charge in [0.15, 0.2) is 0 Å². The van der Waals surface area contributed by atoms with Crippen LogP contribution >= 0.6 is 11.3 Å². The Balaban J connectivity index is 1.77. The van der Waals surface area contributed by atoms with Crippen LogP contribution in [0.3, 0.4) is 0 Å². The molecule has 26 heavy (non-hydrogen) atoms. The van der Waals surface area contributed by atoms with Gasteiger partial charge in [0.25, 0.3) is 5.91 Å². The molecule has 0 radical (unpaired) electrons. The van der Waals surface area contributed by atoms with Crippen molar-refractivity contribution < 1.29 is 4.79 Å². The number of hydrogen-bond acceptors (Lipinski definition) is 6. The maximum atomic E-state index is 12.8. The zero-order valence-corrected chi connectivity index (χ0v) is 15.7. The average Bonchev–Trinajstić information content (AvgIpc) is 3.39. The van der Waals surface area contributed by atoms with Crippen LogP contribution in [0.1, 0.15) is 35.8 Å². The van der Waals surface area contributed by atoms with Crippen molar-refractivity contribution in [3.8, 4) is 5.69 Å². The van der Waals surface area contributed by atoms with Crippen LogP contribution in [-0.4, -0.2) is 50.6 Å². The van der Waals surface area contributed by atoms with Gasteiger partial charge < -0.3 is 5.32 Å². The second-order valence-electron chi connectivity index (χ2n) is 5.78. The minimum Gasteiger partial charge on any atom is -0.350 e. The molecule has 1 N–H and O–H groups in total. The van der Waals surface area contributed by atoms with E-state index in [-0.39, 0.29) is 11.9 Å². The van der Waals surface area contributed by atoms with E-state index in [9.17, 15) is 4.79 Å². The van der Waals surface area contributed by atoms with Gasteiger partial charge in [0.05, 0.1) is 17.3 Å². The first-order chi connectivity index (χ1) is 12.7. The summed E-state index contributed by atoms with van der Waals surface area (Å²) in [5.74, 6) is -0.136. The first-order valence-electron chi connectivity index (χ1n) is 8.61. The van der Waals surface area contributed by atoms with Crippen molar-refractivity contribution >= 4 is 17.2 Å². The first-order valence-corrected chi connectivity index (χ1v) is 9.55. The lowest BCUT2D eigenvalue weighted by Crippen LogP contribution is -2.38. The summed E-state index contributed by atoms with van der Waals surface area (Å²) in [5, 5.41) is 18.5. The smallest absolute Gasteiger partial charge is 0.253 e. The maximum absolute atomic E-state index is 12.8. The van der Waals surface area contributed by atoms with Gasteiger partial charge in [0.1, 0.15) is 6.33 Å². The Morgan fingerprint density at radius 2 is 2.08 bits per heavy atom. The van der Waals surface area contributed by atoms with Crippen molar-refractivity contribution in [1.29, 1.82) is 0 Å². The Labute approximate surface area is 156 Å². The molecular weight excluding hydrogens is 348 g/mol. The van der Waals surface area contributed by atoms with Gasteiger partial charge in [-0.25, -0.2) is 0 Å². The number of benzene rings is 1. The molecule has 1 aromatic carbocycles. The van der Waals surface area contributed by atoms with Crippen LogP contribution in [0.15, 0.2) is 47.4 Å². The molecule has 1 unspecified atom stereocenters. The van der Waals surface area contributed by atoms with Gasteiger partial charge in [-0.1, -0.05) is 26.0 Å². The highest BCUT2D eigenvalue weighted by Gasteiger charge is 2.20. The SMILES string of the molecule is CCN(CC)C(CNC(=O)c1ccccc1-n1cnnn1)c1ccsc1. The molecule has 8 heteroatoms. The van der Waals surface area contributed by atoms with Crippen LogP contribution < -0.4 is 5.32 Å². The number of rotatable bonds is 8. The zero-order chi connectivity index (χ0) is 18.4. The lowest BCUT2D eigenvalue weighted by molar-refractivity contribution is 0.0935. The van der Waals surface area contributed by atoms with Crippen LogP contribution in [0.25, 0.3) is 5.69 Å². The number of likely N-dealkylation sites (N-methyl/N-ethyl adjacent to an activating group) is 1. The summed E-state index contributed by atoms with van der Waals surface area (Å²) in [6.07, 6.45) is 1.48. The highest BCUT2D eigenvalue weighted by molar-refractivity contribution is 7.07. The summed E-state index contributed by atoms with van der Waals surface area (Å²) in [5.41, 5.74) is 2.43. The lowest BCUT2D eigenvalue weighted by Gasteiger charge is -2.29. The van der Waals surface area contributed by atoms with Crippen molar-refractivity contribution in [3.63, 3.8) is 0 Å². The van der Waals surface area contributed by atoms with Crippen molar-refractivity contribution in [3.05, 3.63) is 58.5 Å². The number of thiophene rings is 1. The molecule has 136 valence electrons. The lowest BCUT2D eigenvalue weighted by atomic mass is 10.1. The second kappa shape index (κ2) is 8.68. The number of amides is 1. The number of hydrogen-bond donors (Lipinski definition) is 1. The van der Waals surface area contributed by atoms with Crippen molar-refractivity contribution in [2.45, 2.75) is 19.9 Å². The van der Waals surface area contributed by atoms with Crippen LogP contribution in [0.5, 0.6) is 0 Å². The van der Waals surface area contributed by atoms with E-state index in [1.54, 1.807) is 17.4 Å². The summed E-state index contributed by atoms with van der Waals surface area (Å²) in [6, 6.07) is 9.58. The molecule has 0 aliphatic heterocycles. The Hall–Kier alpha value is -2.58. The first kappa shape index (κ1) is 18.2. The number of nitrogens with zero attached hydrogens (tertiary/aromatic N) is 5. The predicted molar refractivity (Wildman–Crippen MR) is 101 cm³/mol. The van der Waals surface area contributed by atoms with Crippen molar-refractivity contribution in [2.24, 2.45) is 0 Å². The van der Waals surface area contributed by atoms with Gasteiger partial charge in [-0.3, -0.25) is 9.69 Å². The fourth-order valence-electron chi connectivity index (χ4n) is 3.01. The minimum atomic E-state index is -0.136. The summed E-state index contributed by atoms with van der Waals surface area (Å²) in [4.78, 5) is 15.2. The van der Waals surface area contributed by atoms with Gasteiger partial charge in [-0.05, 0) is 58.0 Å². The second-order valence-corrected chi connectivity index (χ2v) is 6.56. The monoisotopic (exact) mass is 370 g/mol.